The first-order valence-corrected chi connectivity index (χ1v) is 13.3. The highest BCUT2D eigenvalue weighted by molar-refractivity contribution is 8.26. The van der Waals surface area contributed by atoms with Gasteiger partial charge in [-0.1, -0.05) is 32.4 Å². The van der Waals surface area contributed by atoms with Gasteiger partial charge in [0, 0.05) is 0 Å². The van der Waals surface area contributed by atoms with Crippen molar-refractivity contribution < 1.29 is 19.0 Å². The number of carbonyl (C=O) groups excluding carboxylic acids is 1. The molecule has 0 fully saturated rings. The van der Waals surface area contributed by atoms with E-state index in [2.05, 4.69) is 36.9 Å². The zero-order chi connectivity index (χ0) is 26.4. The summed E-state index contributed by atoms with van der Waals surface area (Å²) in [6.07, 6.45) is 5.45. The number of fused-ring (bicyclic) bond motifs is 1. The number of thioether (sulfide) groups is 1. The van der Waals surface area contributed by atoms with Crippen LogP contribution in [0.25, 0.3) is 6.08 Å². The van der Waals surface area contributed by atoms with E-state index in [-0.39, 0.29) is 11.4 Å². The lowest BCUT2D eigenvalue weighted by Gasteiger charge is -2.20. The summed E-state index contributed by atoms with van der Waals surface area (Å²) in [4.78, 5) is 16.8. The van der Waals surface area contributed by atoms with Gasteiger partial charge in [-0.25, -0.2) is 0 Å². The molecule has 4 rings (SSSR count). The molecule has 2 aliphatic heterocycles. The Bertz CT molecular complexity index is 1280. The van der Waals surface area contributed by atoms with Crippen molar-refractivity contribution in [2.24, 2.45) is 10.1 Å². The number of nitrogens with one attached hydrogen (secondary N) is 1. The summed E-state index contributed by atoms with van der Waals surface area (Å²) >= 11 is 1.36. The molecule has 0 unspecified atom stereocenters. The molecule has 2 aliphatic rings. The third-order valence-corrected chi connectivity index (χ3v) is 6.84. The van der Waals surface area contributed by atoms with Gasteiger partial charge in [-0.2, -0.15) is 15.1 Å². The predicted octanol–water partition coefficient (Wildman–Crippen LogP) is 5.83. The predicted molar refractivity (Wildman–Crippen MR) is 149 cm³/mol. The van der Waals surface area contributed by atoms with E-state index in [0.29, 0.717) is 35.4 Å². The minimum Gasteiger partial charge on any atom is -0.493 e. The molecule has 1 amide bonds. The van der Waals surface area contributed by atoms with E-state index in [4.69, 9.17) is 19.6 Å². The first kappa shape index (κ1) is 26.5. The van der Waals surface area contributed by atoms with Crippen LogP contribution in [0.2, 0.25) is 0 Å². The molecular weight excluding hydrogens is 488 g/mol. The maximum Gasteiger partial charge on any atom is 0.283 e. The number of amidine groups is 2. The number of carbonyl (C=O) groups is 1. The number of benzene rings is 2. The van der Waals surface area contributed by atoms with E-state index in [9.17, 15) is 4.79 Å². The van der Waals surface area contributed by atoms with Crippen LogP contribution in [-0.2, 0) is 11.2 Å². The monoisotopic (exact) mass is 520 g/mol. The van der Waals surface area contributed by atoms with Gasteiger partial charge >= 0.3 is 0 Å². The van der Waals surface area contributed by atoms with Crippen LogP contribution in [0.1, 0.15) is 49.8 Å². The van der Waals surface area contributed by atoms with Crippen LogP contribution in [0.15, 0.2) is 52.1 Å². The van der Waals surface area contributed by atoms with Crippen molar-refractivity contribution in [3.8, 4) is 17.2 Å². The number of unbranched alkanes of at least 4 members (excludes halogenated alkanes) is 1. The second-order valence-corrected chi connectivity index (χ2v) is 9.77. The van der Waals surface area contributed by atoms with Gasteiger partial charge in [0.2, 0.25) is 5.17 Å². The van der Waals surface area contributed by atoms with Gasteiger partial charge in [-0.3, -0.25) is 10.2 Å². The number of hydrogen-bond acceptors (Lipinski definition) is 7. The van der Waals surface area contributed by atoms with Crippen molar-refractivity contribution in [1.29, 1.82) is 5.41 Å². The van der Waals surface area contributed by atoms with Gasteiger partial charge in [0.05, 0.1) is 12.7 Å². The number of hydrazone groups is 1. The van der Waals surface area contributed by atoms with E-state index in [1.807, 2.05) is 18.2 Å². The standard InChI is InChI=1S/C28H32N4O4S/c1-5-7-8-25-31-32-26(29)22(27(33)30-28(32)37-25)16-20-9-10-23(24(17-20)34-4)36-12-11-35-21-14-18(3)13-19(6-2)15-21/h9-10,13-17,29H,5-8,11-12H2,1-4H3/b22-16-,29-26?. The maximum atomic E-state index is 12.7. The molecule has 1 N–H and O–H groups in total. The molecule has 2 aromatic carbocycles. The summed E-state index contributed by atoms with van der Waals surface area (Å²) in [5, 5.41) is 15.8. The van der Waals surface area contributed by atoms with Gasteiger partial charge in [0.1, 0.15) is 24.0 Å². The molecule has 2 heterocycles. The van der Waals surface area contributed by atoms with Gasteiger partial charge in [-0.05, 0) is 85.0 Å². The van der Waals surface area contributed by atoms with Crippen LogP contribution >= 0.6 is 11.8 Å². The number of ether oxygens (including phenoxy) is 3. The van der Waals surface area contributed by atoms with Crippen molar-refractivity contribution in [3.63, 3.8) is 0 Å². The molecule has 0 saturated carbocycles. The molecule has 0 aromatic heterocycles. The molecule has 194 valence electrons. The first-order chi connectivity index (χ1) is 17.9. The fourth-order valence-electron chi connectivity index (χ4n) is 3.94. The van der Waals surface area contributed by atoms with Crippen LogP contribution in [-0.4, -0.2) is 47.3 Å². The Morgan fingerprint density at radius 1 is 1.08 bits per heavy atom. The fraction of sp³-hybridized carbons (Fsp3) is 0.357. The Kier molecular flexibility index (Phi) is 8.66. The largest absolute Gasteiger partial charge is 0.493 e. The topological polar surface area (TPSA) is 96.6 Å². The quantitative estimate of drug-likeness (QED) is 0.296. The zero-order valence-corrected chi connectivity index (χ0v) is 22.5. The second-order valence-electron chi connectivity index (χ2n) is 8.73. The highest BCUT2D eigenvalue weighted by atomic mass is 32.2. The van der Waals surface area contributed by atoms with E-state index in [1.54, 1.807) is 25.3 Å². The molecular formula is C28H32N4O4S. The van der Waals surface area contributed by atoms with Crippen molar-refractivity contribution >= 4 is 39.8 Å². The lowest BCUT2D eigenvalue weighted by Crippen LogP contribution is -2.35. The smallest absolute Gasteiger partial charge is 0.283 e. The minimum atomic E-state index is -0.450. The maximum absolute atomic E-state index is 12.7. The SMILES string of the molecule is CCCCC1=NN2C(=N)/C(=C/c3ccc(OCCOc4cc(C)cc(CC)c4)c(OC)c3)C(=O)N=C2S1. The molecule has 0 spiro atoms. The first-order valence-electron chi connectivity index (χ1n) is 12.4. The van der Waals surface area contributed by atoms with Crippen LogP contribution in [0.5, 0.6) is 17.2 Å². The van der Waals surface area contributed by atoms with E-state index < -0.39 is 5.91 Å². The fourth-order valence-corrected chi connectivity index (χ4v) is 4.87. The molecule has 0 bridgehead atoms. The number of aliphatic imine (C=N–C) groups is 1. The van der Waals surface area contributed by atoms with Crippen LogP contribution in [0.3, 0.4) is 0 Å². The van der Waals surface area contributed by atoms with Gasteiger partial charge < -0.3 is 14.2 Å². The van der Waals surface area contributed by atoms with Crippen molar-refractivity contribution in [1.82, 2.24) is 5.01 Å². The Labute approximate surface area is 221 Å². The second kappa shape index (κ2) is 12.1. The molecule has 8 nitrogen and oxygen atoms in total. The Morgan fingerprint density at radius 3 is 2.65 bits per heavy atom. The summed E-state index contributed by atoms with van der Waals surface area (Å²) in [7, 11) is 1.56. The molecule has 2 aromatic rings. The number of hydrogen-bond donors (Lipinski definition) is 1. The molecule has 9 heteroatoms. The number of methoxy groups -OCH3 is 1. The molecule has 0 saturated heterocycles. The van der Waals surface area contributed by atoms with Crippen LogP contribution in [0.4, 0.5) is 0 Å². The lowest BCUT2D eigenvalue weighted by molar-refractivity contribution is -0.114. The Morgan fingerprint density at radius 2 is 1.89 bits per heavy atom. The third-order valence-electron chi connectivity index (χ3n) is 5.87. The lowest BCUT2D eigenvalue weighted by atomic mass is 10.1. The molecule has 0 atom stereocenters. The average molecular weight is 521 g/mol. The summed E-state index contributed by atoms with van der Waals surface area (Å²) in [5.41, 5.74) is 3.28. The molecule has 0 radical (unpaired) electrons. The van der Waals surface area contributed by atoms with Gasteiger partial charge in [0.15, 0.2) is 17.3 Å². The highest BCUT2D eigenvalue weighted by Crippen LogP contribution is 2.32. The van der Waals surface area contributed by atoms with Crippen LogP contribution < -0.4 is 14.2 Å². The van der Waals surface area contributed by atoms with Crippen molar-refractivity contribution in [3.05, 3.63) is 58.7 Å². The van der Waals surface area contributed by atoms with Crippen molar-refractivity contribution in [2.75, 3.05) is 20.3 Å². The van der Waals surface area contributed by atoms with E-state index >= 15 is 0 Å². The van der Waals surface area contributed by atoms with Gasteiger partial charge in [-0.15, -0.1) is 0 Å². The van der Waals surface area contributed by atoms with E-state index in [0.717, 1.165) is 36.5 Å². The molecule has 0 aliphatic carbocycles. The summed E-state index contributed by atoms with van der Waals surface area (Å²) in [6.45, 7) is 7.03. The number of amides is 1. The molecule has 37 heavy (non-hydrogen) atoms. The summed E-state index contributed by atoms with van der Waals surface area (Å²) in [5.74, 6) is 1.49. The number of nitrogens with zero attached hydrogens (tertiary/aromatic N) is 3. The average Bonchev–Trinajstić information content (AvgIpc) is 3.30. The number of rotatable bonds is 11. The van der Waals surface area contributed by atoms with E-state index in [1.165, 1.54) is 27.9 Å². The minimum absolute atomic E-state index is 0.0211. The summed E-state index contributed by atoms with van der Waals surface area (Å²) in [6, 6.07) is 11.6. The highest BCUT2D eigenvalue weighted by Gasteiger charge is 2.35. The van der Waals surface area contributed by atoms with Crippen molar-refractivity contribution in [2.45, 2.75) is 46.5 Å². The number of aryl methyl sites for hydroxylation is 2. The summed E-state index contributed by atoms with van der Waals surface area (Å²) < 4.78 is 17.3. The normalized spacial score (nSPS) is 16.0. The Balaban J connectivity index is 1.41. The van der Waals surface area contributed by atoms with Crippen LogP contribution in [0, 0.1) is 12.3 Å². The van der Waals surface area contributed by atoms with Gasteiger partial charge in [0.25, 0.3) is 5.91 Å². The Hall–Kier alpha value is -3.59. The third kappa shape index (κ3) is 6.40. The zero-order valence-electron chi connectivity index (χ0n) is 21.7.